The lowest BCUT2D eigenvalue weighted by Crippen LogP contribution is -2.20. The molecular formula is C11H14N4O. The molecule has 0 aliphatic rings. The zero-order valence-corrected chi connectivity index (χ0v) is 9.13. The van der Waals surface area contributed by atoms with Crippen molar-refractivity contribution in [3.8, 4) is 0 Å². The first-order valence-corrected chi connectivity index (χ1v) is 5.09. The SMILES string of the molecule is Cn1nccc1CCn1cc(N)ccc1=O. The summed E-state index contributed by atoms with van der Waals surface area (Å²) in [5.74, 6) is 0. The van der Waals surface area contributed by atoms with E-state index in [0.29, 0.717) is 12.2 Å². The highest BCUT2D eigenvalue weighted by atomic mass is 16.1. The molecule has 2 N–H and O–H groups in total. The summed E-state index contributed by atoms with van der Waals surface area (Å²) in [6.07, 6.45) is 4.18. The Bertz CT molecular complexity index is 541. The van der Waals surface area contributed by atoms with Crippen molar-refractivity contribution >= 4 is 5.69 Å². The van der Waals surface area contributed by atoms with Crippen molar-refractivity contribution in [2.24, 2.45) is 7.05 Å². The van der Waals surface area contributed by atoms with E-state index in [0.717, 1.165) is 12.1 Å². The number of pyridine rings is 1. The van der Waals surface area contributed by atoms with Gasteiger partial charge >= 0.3 is 0 Å². The fourth-order valence-electron chi connectivity index (χ4n) is 1.61. The molecule has 2 heterocycles. The van der Waals surface area contributed by atoms with Crippen LogP contribution in [0.3, 0.4) is 0 Å². The number of aryl methyl sites for hydroxylation is 3. The smallest absolute Gasteiger partial charge is 0.250 e. The molecule has 2 aromatic heterocycles. The van der Waals surface area contributed by atoms with Crippen molar-refractivity contribution in [2.45, 2.75) is 13.0 Å². The van der Waals surface area contributed by atoms with Gasteiger partial charge in [0.1, 0.15) is 0 Å². The van der Waals surface area contributed by atoms with Crippen LogP contribution in [0.4, 0.5) is 5.69 Å². The fraction of sp³-hybridized carbons (Fsp3) is 0.273. The lowest BCUT2D eigenvalue weighted by molar-refractivity contribution is 0.623. The minimum atomic E-state index is -0.0311. The van der Waals surface area contributed by atoms with Crippen LogP contribution in [0.5, 0.6) is 0 Å². The highest BCUT2D eigenvalue weighted by Gasteiger charge is 2.00. The number of nitrogen functional groups attached to an aromatic ring is 1. The second-order valence-corrected chi connectivity index (χ2v) is 3.69. The van der Waals surface area contributed by atoms with E-state index in [1.54, 1.807) is 27.7 Å². The van der Waals surface area contributed by atoms with Crippen molar-refractivity contribution in [3.05, 3.63) is 46.6 Å². The monoisotopic (exact) mass is 218 g/mol. The molecule has 0 saturated heterocycles. The highest BCUT2D eigenvalue weighted by molar-refractivity contribution is 5.33. The maximum absolute atomic E-state index is 11.5. The van der Waals surface area contributed by atoms with E-state index >= 15 is 0 Å². The van der Waals surface area contributed by atoms with Crippen molar-refractivity contribution in [1.82, 2.24) is 14.3 Å². The van der Waals surface area contributed by atoms with Gasteiger partial charge in [-0.25, -0.2) is 0 Å². The Morgan fingerprint density at radius 1 is 1.38 bits per heavy atom. The highest BCUT2D eigenvalue weighted by Crippen LogP contribution is 2.01. The lowest BCUT2D eigenvalue weighted by atomic mass is 10.3. The molecule has 0 aliphatic carbocycles. The van der Waals surface area contributed by atoms with Gasteiger partial charge in [0, 0.05) is 49.9 Å². The Morgan fingerprint density at radius 3 is 2.88 bits per heavy atom. The van der Waals surface area contributed by atoms with Crippen LogP contribution in [0.2, 0.25) is 0 Å². The van der Waals surface area contributed by atoms with E-state index in [1.165, 1.54) is 6.07 Å². The average Bonchev–Trinajstić information content (AvgIpc) is 2.66. The summed E-state index contributed by atoms with van der Waals surface area (Å²) in [6, 6.07) is 5.04. The molecule has 0 radical (unpaired) electrons. The zero-order chi connectivity index (χ0) is 11.5. The molecule has 0 unspecified atom stereocenters. The van der Waals surface area contributed by atoms with Crippen LogP contribution in [-0.4, -0.2) is 14.3 Å². The molecule has 5 nitrogen and oxygen atoms in total. The lowest BCUT2D eigenvalue weighted by Gasteiger charge is -2.06. The molecule has 0 bridgehead atoms. The van der Waals surface area contributed by atoms with Crippen LogP contribution in [0.1, 0.15) is 5.69 Å². The van der Waals surface area contributed by atoms with E-state index in [4.69, 9.17) is 5.73 Å². The molecular weight excluding hydrogens is 204 g/mol. The number of anilines is 1. The van der Waals surface area contributed by atoms with Crippen LogP contribution in [-0.2, 0) is 20.0 Å². The van der Waals surface area contributed by atoms with Crippen molar-refractivity contribution < 1.29 is 0 Å². The van der Waals surface area contributed by atoms with Gasteiger partial charge in [0.05, 0.1) is 0 Å². The normalized spacial score (nSPS) is 10.6. The van der Waals surface area contributed by atoms with Crippen molar-refractivity contribution in [1.29, 1.82) is 0 Å². The van der Waals surface area contributed by atoms with Crippen LogP contribution in [0.15, 0.2) is 35.4 Å². The van der Waals surface area contributed by atoms with Crippen LogP contribution in [0, 0.1) is 0 Å². The Labute approximate surface area is 93.1 Å². The maximum Gasteiger partial charge on any atom is 0.250 e. The van der Waals surface area contributed by atoms with E-state index in [1.807, 2.05) is 13.1 Å². The molecule has 0 saturated carbocycles. The third-order valence-corrected chi connectivity index (χ3v) is 2.54. The van der Waals surface area contributed by atoms with E-state index in [9.17, 15) is 4.79 Å². The van der Waals surface area contributed by atoms with Crippen molar-refractivity contribution in [2.75, 3.05) is 5.73 Å². The zero-order valence-electron chi connectivity index (χ0n) is 9.13. The molecule has 0 fully saturated rings. The first-order valence-electron chi connectivity index (χ1n) is 5.09. The minimum Gasteiger partial charge on any atom is -0.398 e. The van der Waals surface area contributed by atoms with Gasteiger partial charge in [-0.1, -0.05) is 0 Å². The average molecular weight is 218 g/mol. The van der Waals surface area contributed by atoms with Gasteiger partial charge in [-0.2, -0.15) is 5.10 Å². The van der Waals surface area contributed by atoms with Crippen molar-refractivity contribution in [3.63, 3.8) is 0 Å². The maximum atomic E-state index is 11.5. The molecule has 0 spiro atoms. The third kappa shape index (κ3) is 2.13. The number of hydrogen-bond donors (Lipinski definition) is 1. The number of aromatic nitrogens is 3. The second-order valence-electron chi connectivity index (χ2n) is 3.69. The molecule has 16 heavy (non-hydrogen) atoms. The standard InChI is InChI=1S/C11H14N4O/c1-14-10(4-6-13-14)5-7-15-8-9(12)2-3-11(15)16/h2-4,6,8H,5,7,12H2,1H3. The van der Waals surface area contributed by atoms with Gasteiger partial charge in [-0.15, -0.1) is 0 Å². The summed E-state index contributed by atoms with van der Waals surface area (Å²) in [5, 5.41) is 4.07. The molecule has 2 rings (SSSR count). The molecule has 0 aromatic carbocycles. The van der Waals surface area contributed by atoms with Crippen LogP contribution in [0.25, 0.3) is 0 Å². The van der Waals surface area contributed by atoms with Gasteiger partial charge in [0.2, 0.25) is 0 Å². The second kappa shape index (κ2) is 4.22. The molecule has 0 atom stereocenters. The first-order chi connectivity index (χ1) is 7.66. The molecule has 0 amide bonds. The minimum absolute atomic E-state index is 0.0311. The first kappa shape index (κ1) is 10.5. The molecule has 0 aliphatic heterocycles. The Hall–Kier alpha value is -2.04. The number of nitrogens with zero attached hydrogens (tertiary/aromatic N) is 3. The summed E-state index contributed by atoms with van der Waals surface area (Å²) in [5.41, 5.74) is 7.29. The summed E-state index contributed by atoms with van der Waals surface area (Å²) >= 11 is 0. The van der Waals surface area contributed by atoms with Gasteiger partial charge in [0.15, 0.2) is 0 Å². The predicted molar refractivity (Wildman–Crippen MR) is 62.0 cm³/mol. The van der Waals surface area contributed by atoms with Gasteiger partial charge in [-0.3, -0.25) is 9.48 Å². The molecule has 84 valence electrons. The molecule has 2 aromatic rings. The number of hydrogen-bond acceptors (Lipinski definition) is 3. The van der Waals surface area contributed by atoms with Gasteiger partial charge in [-0.05, 0) is 12.1 Å². The number of rotatable bonds is 3. The summed E-state index contributed by atoms with van der Waals surface area (Å²) in [4.78, 5) is 11.5. The summed E-state index contributed by atoms with van der Waals surface area (Å²) in [7, 11) is 1.89. The number of nitrogens with two attached hydrogens (primary N) is 1. The van der Waals surface area contributed by atoms with E-state index in [-0.39, 0.29) is 5.56 Å². The third-order valence-electron chi connectivity index (χ3n) is 2.54. The summed E-state index contributed by atoms with van der Waals surface area (Å²) in [6.45, 7) is 0.614. The Morgan fingerprint density at radius 2 is 2.19 bits per heavy atom. The topological polar surface area (TPSA) is 65.8 Å². The van der Waals surface area contributed by atoms with Crippen LogP contribution < -0.4 is 11.3 Å². The Balaban J connectivity index is 2.13. The van der Waals surface area contributed by atoms with Gasteiger partial charge in [0.25, 0.3) is 5.56 Å². The summed E-state index contributed by atoms with van der Waals surface area (Å²) < 4.78 is 3.42. The van der Waals surface area contributed by atoms with Gasteiger partial charge < -0.3 is 10.3 Å². The largest absolute Gasteiger partial charge is 0.398 e. The quantitative estimate of drug-likeness (QED) is 0.811. The Kier molecular flexibility index (Phi) is 2.76. The van der Waals surface area contributed by atoms with Crippen LogP contribution >= 0.6 is 0 Å². The fourth-order valence-corrected chi connectivity index (χ4v) is 1.61. The van der Waals surface area contributed by atoms with E-state index < -0.39 is 0 Å². The van der Waals surface area contributed by atoms with E-state index in [2.05, 4.69) is 5.10 Å². The predicted octanol–water partition coefficient (Wildman–Crippen LogP) is 0.407. The molecule has 5 heteroatoms.